The number of nitrogens with zero attached hydrogens (tertiary/aromatic N) is 2. The highest BCUT2D eigenvalue weighted by Crippen LogP contribution is 2.33. The minimum atomic E-state index is -0.267. The topological polar surface area (TPSA) is 36.7 Å². The number of hydrogen-bond donors (Lipinski definition) is 0. The second kappa shape index (κ2) is 6.64. The molecule has 2 fully saturated rings. The Bertz CT molecular complexity index is 755. The van der Waals surface area contributed by atoms with Crippen molar-refractivity contribution in [3.8, 4) is 0 Å². The second-order valence-corrected chi connectivity index (χ2v) is 7.09. The zero-order chi connectivity index (χ0) is 17.4. The summed E-state index contributed by atoms with van der Waals surface area (Å²) in [7, 11) is 0. The summed E-state index contributed by atoms with van der Waals surface area (Å²) in [5.74, 6) is 1.81. The highest BCUT2D eigenvalue weighted by atomic mass is 19.1. The van der Waals surface area contributed by atoms with Gasteiger partial charge in [-0.3, -0.25) is 9.69 Å². The average Bonchev–Trinajstić information content (AvgIpc) is 3.28. The van der Waals surface area contributed by atoms with Crippen LogP contribution in [0.25, 0.3) is 0 Å². The molecule has 0 radical (unpaired) electrons. The molecule has 0 spiro atoms. The lowest BCUT2D eigenvalue weighted by Gasteiger charge is -2.25. The van der Waals surface area contributed by atoms with E-state index in [0.29, 0.717) is 18.5 Å². The Morgan fingerprint density at radius 2 is 1.88 bits per heavy atom. The maximum atomic E-state index is 13.0. The van der Waals surface area contributed by atoms with Crippen LogP contribution in [0.2, 0.25) is 0 Å². The lowest BCUT2D eigenvalue weighted by molar-refractivity contribution is -0.131. The molecule has 132 valence electrons. The molecule has 2 atom stereocenters. The number of amides is 1. The van der Waals surface area contributed by atoms with Crippen LogP contribution in [-0.4, -0.2) is 40.9 Å². The molecule has 0 saturated carbocycles. The summed E-state index contributed by atoms with van der Waals surface area (Å²) < 4.78 is 18.7. The molecule has 25 heavy (non-hydrogen) atoms. The van der Waals surface area contributed by atoms with Crippen LogP contribution in [0.15, 0.2) is 40.8 Å². The number of rotatable bonds is 4. The van der Waals surface area contributed by atoms with E-state index in [1.165, 1.54) is 12.1 Å². The number of carbonyl (C=O) groups is 1. The van der Waals surface area contributed by atoms with Gasteiger partial charge in [-0.05, 0) is 49.6 Å². The molecule has 3 heterocycles. The van der Waals surface area contributed by atoms with Crippen molar-refractivity contribution in [2.45, 2.75) is 44.8 Å². The Morgan fingerprint density at radius 3 is 2.60 bits per heavy atom. The summed E-state index contributed by atoms with van der Waals surface area (Å²) in [5, 5.41) is 0. The van der Waals surface area contributed by atoms with Crippen molar-refractivity contribution in [1.82, 2.24) is 9.80 Å². The van der Waals surface area contributed by atoms with Crippen molar-refractivity contribution in [1.29, 1.82) is 0 Å². The SMILES string of the molecule is Cc1ccc(CN2CC[C@H]3[C@@H]2CCN3C(=O)Cc2ccc(F)cc2)o1. The van der Waals surface area contributed by atoms with Crippen molar-refractivity contribution in [2.24, 2.45) is 0 Å². The summed E-state index contributed by atoms with van der Waals surface area (Å²) >= 11 is 0. The van der Waals surface area contributed by atoms with E-state index < -0.39 is 0 Å². The molecule has 1 aromatic carbocycles. The van der Waals surface area contributed by atoms with Gasteiger partial charge in [-0.15, -0.1) is 0 Å². The lowest BCUT2D eigenvalue weighted by Crippen LogP contribution is -2.40. The molecular formula is C20H23FN2O2. The smallest absolute Gasteiger partial charge is 0.227 e. The third-order valence-electron chi connectivity index (χ3n) is 5.44. The highest BCUT2D eigenvalue weighted by Gasteiger charge is 2.44. The predicted molar refractivity (Wildman–Crippen MR) is 92.5 cm³/mol. The Balaban J connectivity index is 1.39. The fourth-order valence-corrected chi connectivity index (χ4v) is 4.23. The van der Waals surface area contributed by atoms with Gasteiger partial charge >= 0.3 is 0 Å². The average molecular weight is 342 g/mol. The van der Waals surface area contributed by atoms with E-state index in [4.69, 9.17) is 4.42 Å². The first-order valence-electron chi connectivity index (χ1n) is 8.93. The quantitative estimate of drug-likeness (QED) is 0.856. The second-order valence-electron chi connectivity index (χ2n) is 7.09. The van der Waals surface area contributed by atoms with E-state index in [0.717, 1.165) is 49.6 Å². The van der Waals surface area contributed by atoms with Crippen molar-refractivity contribution >= 4 is 5.91 Å². The van der Waals surface area contributed by atoms with Gasteiger partial charge in [0.25, 0.3) is 0 Å². The van der Waals surface area contributed by atoms with Crippen LogP contribution in [0, 0.1) is 12.7 Å². The number of carbonyl (C=O) groups excluding carboxylic acids is 1. The van der Waals surface area contributed by atoms with E-state index in [-0.39, 0.29) is 11.7 Å². The molecule has 0 bridgehead atoms. The van der Waals surface area contributed by atoms with Gasteiger partial charge in [-0.2, -0.15) is 0 Å². The molecule has 0 aliphatic carbocycles. The van der Waals surface area contributed by atoms with Crippen LogP contribution in [0.3, 0.4) is 0 Å². The van der Waals surface area contributed by atoms with Gasteiger partial charge in [0.05, 0.1) is 13.0 Å². The molecule has 1 amide bonds. The summed E-state index contributed by atoms with van der Waals surface area (Å²) in [4.78, 5) is 17.2. The van der Waals surface area contributed by atoms with E-state index in [9.17, 15) is 9.18 Å². The summed E-state index contributed by atoms with van der Waals surface area (Å²) in [6, 6.07) is 11.0. The number of aryl methyl sites for hydroxylation is 1. The fraction of sp³-hybridized carbons (Fsp3) is 0.450. The molecule has 2 saturated heterocycles. The van der Waals surface area contributed by atoms with Crippen molar-refractivity contribution < 1.29 is 13.6 Å². The number of likely N-dealkylation sites (tertiary alicyclic amines) is 2. The van der Waals surface area contributed by atoms with Gasteiger partial charge in [0, 0.05) is 25.2 Å². The van der Waals surface area contributed by atoms with Crippen LogP contribution in [0.4, 0.5) is 4.39 Å². The van der Waals surface area contributed by atoms with Crippen LogP contribution in [0.5, 0.6) is 0 Å². The molecule has 4 rings (SSSR count). The van der Waals surface area contributed by atoms with E-state index in [1.807, 2.05) is 24.0 Å². The molecule has 5 heteroatoms. The van der Waals surface area contributed by atoms with Crippen molar-refractivity contribution in [2.75, 3.05) is 13.1 Å². The molecule has 2 aliphatic heterocycles. The number of fused-ring (bicyclic) bond motifs is 1. The van der Waals surface area contributed by atoms with Crippen molar-refractivity contribution in [3.63, 3.8) is 0 Å². The first-order valence-corrected chi connectivity index (χ1v) is 8.93. The van der Waals surface area contributed by atoms with Gasteiger partial charge in [0.15, 0.2) is 0 Å². The third-order valence-corrected chi connectivity index (χ3v) is 5.44. The maximum absolute atomic E-state index is 13.0. The third kappa shape index (κ3) is 3.33. The van der Waals surface area contributed by atoms with Gasteiger partial charge < -0.3 is 9.32 Å². The maximum Gasteiger partial charge on any atom is 0.227 e. The molecule has 0 N–H and O–H groups in total. The molecule has 2 aliphatic rings. The molecule has 2 aromatic rings. The molecule has 4 nitrogen and oxygen atoms in total. The minimum Gasteiger partial charge on any atom is -0.465 e. The Morgan fingerprint density at radius 1 is 1.12 bits per heavy atom. The Hall–Kier alpha value is -2.14. The first-order chi connectivity index (χ1) is 12.1. The van der Waals surface area contributed by atoms with Gasteiger partial charge in [0.1, 0.15) is 17.3 Å². The van der Waals surface area contributed by atoms with Gasteiger partial charge in [-0.1, -0.05) is 12.1 Å². The van der Waals surface area contributed by atoms with Crippen LogP contribution in [0.1, 0.15) is 29.9 Å². The monoisotopic (exact) mass is 342 g/mol. The predicted octanol–water partition coefficient (Wildman–Crippen LogP) is 3.15. The molecule has 0 unspecified atom stereocenters. The largest absolute Gasteiger partial charge is 0.465 e. The number of furan rings is 1. The normalized spacial score (nSPS) is 23.2. The molecule has 1 aromatic heterocycles. The van der Waals surface area contributed by atoms with E-state index >= 15 is 0 Å². The van der Waals surface area contributed by atoms with Crippen LogP contribution >= 0.6 is 0 Å². The van der Waals surface area contributed by atoms with Crippen LogP contribution < -0.4 is 0 Å². The highest BCUT2D eigenvalue weighted by molar-refractivity contribution is 5.79. The Kier molecular flexibility index (Phi) is 4.34. The zero-order valence-electron chi connectivity index (χ0n) is 14.5. The minimum absolute atomic E-state index is 0.148. The van der Waals surface area contributed by atoms with E-state index in [2.05, 4.69) is 4.90 Å². The zero-order valence-corrected chi connectivity index (χ0v) is 14.5. The number of hydrogen-bond acceptors (Lipinski definition) is 3. The summed E-state index contributed by atoms with van der Waals surface area (Å²) in [6.07, 6.45) is 2.37. The number of halogens is 1. The standard InChI is InChI=1S/C20H23FN2O2/c1-14-2-7-17(25-14)13-22-10-8-19-18(22)9-11-23(19)20(24)12-15-3-5-16(21)6-4-15/h2-7,18-19H,8-13H2,1H3/t18-,19-/m0/s1. The number of benzene rings is 1. The summed E-state index contributed by atoms with van der Waals surface area (Å²) in [6.45, 7) is 4.58. The van der Waals surface area contributed by atoms with Crippen LogP contribution in [-0.2, 0) is 17.8 Å². The lowest BCUT2D eigenvalue weighted by atomic mass is 10.1. The van der Waals surface area contributed by atoms with Gasteiger partial charge in [-0.25, -0.2) is 4.39 Å². The van der Waals surface area contributed by atoms with Crippen molar-refractivity contribution in [3.05, 3.63) is 59.3 Å². The van der Waals surface area contributed by atoms with E-state index in [1.54, 1.807) is 12.1 Å². The Labute approximate surface area is 147 Å². The fourth-order valence-electron chi connectivity index (χ4n) is 4.23. The molecular weight excluding hydrogens is 319 g/mol. The van der Waals surface area contributed by atoms with Gasteiger partial charge in [0.2, 0.25) is 5.91 Å². The summed E-state index contributed by atoms with van der Waals surface area (Å²) in [5.41, 5.74) is 0.871. The first kappa shape index (κ1) is 16.3.